The lowest BCUT2D eigenvalue weighted by Gasteiger charge is -2.35. The van der Waals surface area contributed by atoms with Crippen molar-refractivity contribution in [3.05, 3.63) is 18.2 Å². The Kier molecular flexibility index (Phi) is 4.46. The Hall–Kier alpha value is -1.31. The van der Waals surface area contributed by atoms with Crippen LogP contribution in [0.1, 0.15) is 12.8 Å². The van der Waals surface area contributed by atoms with Gasteiger partial charge in [0.05, 0.1) is 22.4 Å². The molecule has 0 aliphatic heterocycles. The molecule has 1 saturated carbocycles. The van der Waals surface area contributed by atoms with Crippen LogP contribution in [0.2, 0.25) is 0 Å². The molecule has 0 saturated heterocycles. The van der Waals surface area contributed by atoms with E-state index in [9.17, 15) is 13.5 Å². The Morgan fingerprint density at radius 2 is 1.90 bits per heavy atom. The first kappa shape index (κ1) is 16.1. The summed E-state index contributed by atoms with van der Waals surface area (Å²) in [6.07, 6.45) is 1.39. The Morgan fingerprint density at radius 1 is 1.29 bits per heavy atom. The number of rotatable bonds is 5. The van der Waals surface area contributed by atoms with Gasteiger partial charge in [0, 0.05) is 27.7 Å². The number of nitrogen functional groups attached to an aromatic ring is 1. The molecule has 1 aromatic carbocycles. The van der Waals surface area contributed by atoms with Gasteiger partial charge in [-0.05, 0) is 37.0 Å². The van der Waals surface area contributed by atoms with Crippen molar-refractivity contribution in [3.8, 4) is 0 Å². The van der Waals surface area contributed by atoms with Crippen LogP contribution in [0.3, 0.4) is 0 Å². The molecule has 0 heterocycles. The summed E-state index contributed by atoms with van der Waals surface area (Å²) < 4.78 is 25.6. The molecule has 21 heavy (non-hydrogen) atoms. The van der Waals surface area contributed by atoms with E-state index in [1.807, 2.05) is 11.9 Å². The first-order chi connectivity index (χ1) is 9.71. The van der Waals surface area contributed by atoms with Crippen LogP contribution >= 0.6 is 0 Å². The van der Waals surface area contributed by atoms with Gasteiger partial charge in [-0.25, -0.2) is 12.7 Å². The van der Waals surface area contributed by atoms with Gasteiger partial charge < -0.3 is 15.7 Å². The minimum absolute atomic E-state index is 0.193. The van der Waals surface area contributed by atoms with Crippen molar-refractivity contribution in [1.29, 1.82) is 0 Å². The largest absolute Gasteiger partial charge is 0.397 e. The van der Waals surface area contributed by atoms with Gasteiger partial charge in [0.2, 0.25) is 10.0 Å². The molecule has 1 aromatic rings. The third kappa shape index (κ3) is 3.30. The van der Waals surface area contributed by atoms with E-state index in [2.05, 4.69) is 0 Å². The molecule has 1 fully saturated rings. The Bertz CT molecular complexity index is 610. The van der Waals surface area contributed by atoms with Crippen LogP contribution in [0.15, 0.2) is 23.1 Å². The number of hydrogen-bond donors (Lipinski definition) is 2. The second kappa shape index (κ2) is 5.82. The molecule has 3 N–H and O–H groups in total. The van der Waals surface area contributed by atoms with Gasteiger partial charge in [-0.15, -0.1) is 0 Å². The monoisotopic (exact) mass is 313 g/mol. The molecule has 0 radical (unpaired) electrons. The molecule has 0 spiro atoms. The molecule has 118 valence electrons. The molecule has 1 aliphatic rings. The fraction of sp³-hybridized carbons (Fsp3) is 0.571. The number of benzene rings is 1. The summed E-state index contributed by atoms with van der Waals surface area (Å²) in [5.41, 5.74) is 7.23. The fourth-order valence-corrected chi connectivity index (χ4v) is 3.48. The van der Waals surface area contributed by atoms with Crippen molar-refractivity contribution in [2.75, 3.05) is 38.3 Å². The number of nitrogens with zero attached hydrogens (tertiary/aromatic N) is 2. The van der Waals surface area contributed by atoms with Gasteiger partial charge >= 0.3 is 0 Å². The topological polar surface area (TPSA) is 86.9 Å². The molecule has 0 amide bonds. The zero-order valence-corrected chi connectivity index (χ0v) is 13.5. The maximum absolute atomic E-state index is 12.2. The zero-order chi connectivity index (χ0) is 15.8. The van der Waals surface area contributed by atoms with Crippen LogP contribution in [0.4, 0.5) is 11.4 Å². The van der Waals surface area contributed by atoms with Crippen LogP contribution in [-0.2, 0) is 10.0 Å². The SMILES string of the molecule is CN(CC1CC(O)C1)c1cc(S(=O)(=O)N(C)C)ccc1N. The lowest BCUT2D eigenvalue weighted by atomic mass is 9.82. The molecule has 2 rings (SSSR count). The third-order valence-corrected chi connectivity index (χ3v) is 5.75. The van der Waals surface area contributed by atoms with Gasteiger partial charge in [-0.3, -0.25) is 0 Å². The highest BCUT2D eigenvalue weighted by Crippen LogP contribution is 2.32. The number of aliphatic hydroxyl groups excluding tert-OH is 1. The highest BCUT2D eigenvalue weighted by molar-refractivity contribution is 7.89. The summed E-state index contributed by atoms with van der Waals surface area (Å²) in [5.74, 6) is 0.429. The maximum Gasteiger partial charge on any atom is 0.242 e. The highest BCUT2D eigenvalue weighted by Gasteiger charge is 2.28. The van der Waals surface area contributed by atoms with Crippen molar-refractivity contribution in [2.24, 2.45) is 5.92 Å². The van der Waals surface area contributed by atoms with Crippen molar-refractivity contribution < 1.29 is 13.5 Å². The first-order valence-electron chi connectivity index (χ1n) is 6.93. The average Bonchev–Trinajstić information content (AvgIpc) is 2.36. The summed E-state index contributed by atoms with van der Waals surface area (Å²) in [5, 5.41) is 9.34. The van der Waals surface area contributed by atoms with E-state index in [1.54, 1.807) is 12.1 Å². The molecular formula is C14H23N3O3S. The zero-order valence-electron chi connectivity index (χ0n) is 12.7. The molecule has 0 atom stereocenters. The molecule has 1 aliphatic carbocycles. The first-order valence-corrected chi connectivity index (χ1v) is 8.37. The number of sulfonamides is 1. The van der Waals surface area contributed by atoms with Gasteiger partial charge in [-0.2, -0.15) is 0 Å². The average molecular weight is 313 g/mol. The van der Waals surface area contributed by atoms with Crippen LogP contribution in [0.5, 0.6) is 0 Å². The van der Waals surface area contributed by atoms with E-state index >= 15 is 0 Å². The Balaban J connectivity index is 2.23. The summed E-state index contributed by atoms with van der Waals surface area (Å²) >= 11 is 0. The normalized spacial score (nSPS) is 22.1. The molecule has 0 bridgehead atoms. The second-order valence-corrected chi connectivity index (χ2v) is 8.03. The van der Waals surface area contributed by atoms with Crippen molar-refractivity contribution >= 4 is 21.4 Å². The van der Waals surface area contributed by atoms with E-state index < -0.39 is 10.0 Å². The van der Waals surface area contributed by atoms with Crippen molar-refractivity contribution in [3.63, 3.8) is 0 Å². The predicted molar refractivity (Wildman–Crippen MR) is 83.7 cm³/mol. The number of aliphatic hydroxyl groups is 1. The van der Waals surface area contributed by atoms with Crippen molar-refractivity contribution in [2.45, 2.75) is 23.8 Å². The predicted octanol–water partition coefficient (Wildman–Crippen LogP) is 0.726. The Labute approximate surface area is 126 Å². The molecule has 0 unspecified atom stereocenters. The van der Waals surface area contributed by atoms with Gasteiger partial charge in [0.25, 0.3) is 0 Å². The van der Waals surface area contributed by atoms with E-state index in [0.29, 0.717) is 17.3 Å². The minimum Gasteiger partial charge on any atom is -0.397 e. The minimum atomic E-state index is -3.47. The Morgan fingerprint density at radius 3 is 2.43 bits per heavy atom. The quantitative estimate of drug-likeness (QED) is 0.783. The molecule has 7 heteroatoms. The molecule has 0 aromatic heterocycles. The van der Waals surface area contributed by atoms with Crippen LogP contribution in [0.25, 0.3) is 0 Å². The summed E-state index contributed by atoms with van der Waals surface area (Å²) in [6, 6.07) is 4.76. The van der Waals surface area contributed by atoms with Crippen LogP contribution in [0, 0.1) is 5.92 Å². The van der Waals surface area contributed by atoms with Crippen LogP contribution < -0.4 is 10.6 Å². The standard InChI is InChI=1S/C14H23N3O3S/c1-16(2)21(19,20)12-4-5-13(15)14(8-12)17(3)9-10-6-11(18)7-10/h4-5,8,10-11,18H,6-7,9,15H2,1-3H3. The van der Waals surface area contributed by atoms with Crippen molar-refractivity contribution in [1.82, 2.24) is 4.31 Å². The highest BCUT2D eigenvalue weighted by atomic mass is 32.2. The maximum atomic E-state index is 12.2. The van der Waals surface area contributed by atoms with E-state index in [4.69, 9.17) is 5.73 Å². The van der Waals surface area contributed by atoms with Crippen LogP contribution in [-0.4, -0.2) is 51.6 Å². The smallest absolute Gasteiger partial charge is 0.242 e. The third-order valence-electron chi connectivity index (χ3n) is 3.93. The van der Waals surface area contributed by atoms with Gasteiger partial charge in [0.1, 0.15) is 0 Å². The molecule has 6 nitrogen and oxygen atoms in total. The van der Waals surface area contributed by atoms with Gasteiger partial charge in [0.15, 0.2) is 0 Å². The van der Waals surface area contributed by atoms with E-state index in [-0.39, 0.29) is 11.0 Å². The second-order valence-electron chi connectivity index (χ2n) is 5.88. The lowest BCUT2D eigenvalue weighted by Crippen LogP contribution is -2.37. The summed E-state index contributed by atoms with van der Waals surface area (Å²) in [4.78, 5) is 2.19. The lowest BCUT2D eigenvalue weighted by molar-refractivity contribution is 0.0465. The number of anilines is 2. The number of hydrogen-bond acceptors (Lipinski definition) is 5. The fourth-order valence-electron chi connectivity index (χ4n) is 2.56. The van der Waals surface area contributed by atoms with E-state index in [1.165, 1.54) is 24.5 Å². The van der Waals surface area contributed by atoms with Gasteiger partial charge in [-0.1, -0.05) is 0 Å². The summed E-state index contributed by atoms with van der Waals surface area (Å²) in [7, 11) is 1.43. The summed E-state index contributed by atoms with van der Waals surface area (Å²) in [6.45, 7) is 0.757. The van der Waals surface area contributed by atoms with E-state index in [0.717, 1.165) is 19.4 Å². The number of nitrogens with two attached hydrogens (primary N) is 1. The molecular weight excluding hydrogens is 290 g/mol.